The second kappa shape index (κ2) is 4.37. The molecule has 0 atom stereocenters. The van der Waals surface area contributed by atoms with Crippen molar-refractivity contribution in [2.75, 3.05) is 17.4 Å². The minimum atomic E-state index is -0.359. The standard InChI is InChI=1S/C13H13N5O2/c1-17-12(19)9-11(15-13(17)20)18(2)16-10(14-9)8-6-4-3-5-7-8/h3-7H,1-2H3,(H,14,16)(H,15,20). The second-order valence-electron chi connectivity index (χ2n) is 4.44. The molecule has 0 aliphatic carbocycles. The summed E-state index contributed by atoms with van der Waals surface area (Å²) in [7, 11) is 3.13. The highest BCUT2D eigenvalue weighted by Crippen LogP contribution is 2.25. The van der Waals surface area contributed by atoms with Gasteiger partial charge in [0.1, 0.15) is 0 Å². The van der Waals surface area contributed by atoms with Gasteiger partial charge in [-0.25, -0.2) is 5.01 Å². The minimum Gasteiger partial charge on any atom is -0.480 e. The minimum absolute atomic E-state index is 0.293. The SMILES string of the molecule is CN1N=C(c2ccccc2)Nc2c1nc(O)n(C)c2=O. The summed E-state index contributed by atoms with van der Waals surface area (Å²) < 4.78 is 1.08. The molecular weight excluding hydrogens is 258 g/mol. The zero-order valence-electron chi connectivity index (χ0n) is 11.0. The molecule has 1 aliphatic rings. The summed E-state index contributed by atoms with van der Waals surface area (Å²) in [5.41, 5.74) is 0.796. The van der Waals surface area contributed by atoms with Crippen LogP contribution in [0.1, 0.15) is 5.56 Å². The van der Waals surface area contributed by atoms with Crippen LogP contribution < -0.4 is 15.9 Å². The van der Waals surface area contributed by atoms with E-state index in [0.717, 1.165) is 10.1 Å². The first-order valence-corrected chi connectivity index (χ1v) is 6.02. The molecule has 1 aliphatic heterocycles. The van der Waals surface area contributed by atoms with E-state index in [4.69, 9.17) is 0 Å². The number of hydrogen-bond acceptors (Lipinski definition) is 6. The lowest BCUT2D eigenvalue weighted by molar-refractivity contribution is 0.400. The average Bonchev–Trinajstić information content (AvgIpc) is 2.47. The Morgan fingerprint density at radius 3 is 2.60 bits per heavy atom. The number of fused-ring (bicyclic) bond motifs is 1. The molecular formula is C13H13N5O2. The number of nitrogens with one attached hydrogen (secondary N) is 1. The Morgan fingerprint density at radius 2 is 1.90 bits per heavy atom. The van der Waals surface area contributed by atoms with E-state index in [1.165, 1.54) is 12.1 Å². The number of amidine groups is 1. The van der Waals surface area contributed by atoms with E-state index in [2.05, 4.69) is 15.4 Å². The predicted octanol–water partition coefficient (Wildman–Crippen LogP) is 0.709. The van der Waals surface area contributed by atoms with Crippen LogP contribution >= 0.6 is 0 Å². The topological polar surface area (TPSA) is 82.8 Å². The fourth-order valence-corrected chi connectivity index (χ4v) is 1.99. The molecule has 7 nitrogen and oxygen atoms in total. The normalized spacial score (nSPS) is 13.5. The van der Waals surface area contributed by atoms with Crippen LogP contribution in [0.15, 0.2) is 40.2 Å². The molecule has 3 rings (SSSR count). The summed E-state index contributed by atoms with van der Waals surface area (Å²) in [6.07, 6.45) is 0. The van der Waals surface area contributed by atoms with Gasteiger partial charge in [-0.2, -0.15) is 10.1 Å². The molecule has 0 amide bonds. The molecule has 0 fully saturated rings. The van der Waals surface area contributed by atoms with Gasteiger partial charge in [-0.1, -0.05) is 30.3 Å². The number of benzene rings is 1. The number of nitrogens with zero attached hydrogens (tertiary/aromatic N) is 4. The van der Waals surface area contributed by atoms with Crippen LogP contribution in [0.3, 0.4) is 0 Å². The number of rotatable bonds is 1. The van der Waals surface area contributed by atoms with Gasteiger partial charge in [0.2, 0.25) is 0 Å². The van der Waals surface area contributed by atoms with E-state index in [9.17, 15) is 9.90 Å². The number of anilines is 2. The van der Waals surface area contributed by atoms with Crippen molar-refractivity contribution in [1.29, 1.82) is 0 Å². The first kappa shape index (κ1) is 12.2. The fourth-order valence-electron chi connectivity index (χ4n) is 1.99. The van der Waals surface area contributed by atoms with Crippen molar-refractivity contribution in [3.05, 3.63) is 46.2 Å². The zero-order valence-corrected chi connectivity index (χ0v) is 11.0. The fraction of sp³-hybridized carbons (Fsp3) is 0.154. The number of aromatic nitrogens is 2. The van der Waals surface area contributed by atoms with Gasteiger partial charge in [-0.05, 0) is 0 Å². The molecule has 0 saturated carbocycles. The molecule has 2 heterocycles. The van der Waals surface area contributed by atoms with Crippen LogP contribution in [0.5, 0.6) is 6.01 Å². The van der Waals surface area contributed by atoms with Crippen molar-refractivity contribution >= 4 is 17.3 Å². The van der Waals surface area contributed by atoms with Crippen molar-refractivity contribution < 1.29 is 5.11 Å². The lowest BCUT2D eigenvalue weighted by Crippen LogP contribution is -2.34. The first-order chi connectivity index (χ1) is 9.58. The Kier molecular flexibility index (Phi) is 2.67. The number of aromatic hydroxyl groups is 1. The maximum Gasteiger partial charge on any atom is 0.298 e. The Hall–Kier alpha value is -2.83. The highest BCUT2D eigenvalue weighted by molar-refractivity contribution is 6.11. The lowest BCUT2D eigenvalue weighted by Gasteiger charge is -2.24. The first-order valence-electron chi connectivity index (χ1n) is 6.02. The van der Waals surface area contributed by atoms with E-state index in [1.54, 1.807) is 7.05 Å². The van der Waals surface area contributed by atoms with Gasteiger partial charge in [-0.3, -0.25) is 9.36 Å². The molecule has 0 bridgehead atoms. The van der Waals surface area contributed by atoms with E-state index < -0.39 is 0 Å². The molecule has 7 heteroatoms. The molecule has 0 radical (unpaired) electrons. The van der Waals surface area contributed by atoms with Crippen molar-refractivity contribution in [1.82, 2.24) is 9.55 Å². The molecule has 2 N–H and O–H groups in total. The lowest BCUT2D eigenvalue weighted by atomic mass is 10.2. The molecule has 1 aromatic heterocycles. The van der Waals surface area contributed by atoms with Gasteiger partial charge < -0.3 is 10.4 Å². The van der Waals surface area contributed by atoms with Gasteiger partial charge in [0.15, 0.2) is 17.3 Å². The van der Waals surface area contributed by atoms with Gasteiger partial charge in [-0.15, -0.1) is 0 Å². The Bertz CT molecular complexity index is 751. The third kappa shape index (κ3) is 1.80. The predicted molar refractivity (Wildman–Crippen MR) is 76.1 cm³/mol. The highest BCUT2D eigenvalue weighted by atomic mass is 16.3. The van der Waals surface area contributed by atoms with E-state index in [-0.39, 0.29) is 11.6 Å². The summed E-state index contributed by atoms with van der Waals surface area (Å²) in [5, 5.41) is 18.4. The Balaban J connectivity index is 2.13. The molecule has 20 heavy (non-hydrogen) atoms. The molecule has 0 spiro atoms. The molecule has 102 valence electrons. The van der Waals surface area contributed by atoms with Crippen molar-refractivity contribution in [2.45, 2.75) is 0 Å². The van der Waals surface area contributed by atoms with Crippen LogP contribution in [-0.4, -0.2) is 27.5 Å². The smallest absolute Gasteiger partial charge is 0.298 e. The maximum absolute atomic E-state index is 12.2. The van der Waals surface area contributed by atoms with Crippen molar-refractivity contribution in [3.8, 4) is 6.01 Å². The van der Waals surface area contributed by atoms with Gasteiger partial charge in [0, 0.05) is 19.7 Å². The summed E-state index contributed by atoms with van der Waals surface area (Å²) in [5.74, 6) is 0.857. The maximum atomic E-state index is 12.2. The van der Waals surface area contributed by atoms with E-state index in [1.807, 2.05) is 30.3 Å². The summed E-state index contributed by atoms with van der Waals surface area (Å²) in [6, 6.07) is 9.13. The third-order valence-electron chi connectivity index (χ3n) is 3.10. The van der Waals surface area contributed by atoms with Crippen LogP contribution in [0.25, 0.3) is 0 Å². The van der Waals surface area contributed by atoms with Crippen LogP contribution in [0.4, 0.5) is 11.5 Å². The average molecular weight is 271 g/mol. The highest BCUT2D eigenvalue weighted by Gasteiger charge is 2.23. The molecule has 0 saturated heterocycles. The van der Waals surface area contributed by atoms with Crippen molar-refractivity contribution in [3.63, 3.8) is 0 Å². The van der Waals surface area contributed by atoms with Crippen molar-refractivity contribution in [2.24, 2.45) is 12.1 Å². The van der Waals surface area contributed by atoms with Gasteiger partial charge in [0.25, 0.3) is 11.6 Å². The monoisotopic (exact) mass is 271 g/mol. The summed E-state index contributed by atoms with van der Waals surface area (Å²) >= 11 is 0. The molecule has 0 unspecified atom stereocenters. The summed E-state index contributed by atoms with van der Waals surface area (Å²) in [4.78, 5) is 16.1. The van der Waals surface area contributed by atoms with Gasteiger partial charge in [0.05, 0.1) is 0 Å². The number of hydrazone groups is 1. The molecule has 1 aromatic carbocycles. The third-order valence-corrected chi connectivity index (χ3v) is 3.10. The zero-order chi connectivity index (χ0) is 14.3. The van der Waals surface area contributed by atoms with Crippen LogP contribution in [0, 0.1) is 0 Å². The Labute approximate surface area is 114 Å². The van der Waals surface area contributed by atoms with Crippen LogP contribution in [-0.2, 0) is 7.05 Å². The van der Waals surface area contributed by atoms with Crippen LogP contribution in [0.2, 0.25) is 0 Å². The van der Waals surface area contributed by atoms with E-state index >= 15 is 0 Å². The summed E-state index contributed by atoms with van der Waals surface area (Å²) in [6.45, 7) is 0. The molecule has 2 aromatic rings. The number of hydrogen-bond donors (Lipinski definition) is 2. The largest absolute Gasteiger partial charge is 0.480 e. The van der Waals surface area contributed by atoms with Gasteiger partial charge >= 0.3 is 0 Å². The van der Waals surface area contributed by atoms with E-state index in [0.29, 0.717) is 17.3 Å². The Morgan fingerprint density at radius 1 is 1.20 bits per heavy atom. The second-order valence-corrected chi connectivity index (χ2v) is 4.44. The quantitative estimate of drug-likeness (QED) is 0.798.